The van der Waals surface area contributed by atoms with Gasteiger partial charge in [-0.3, -0.25) is 0 Å². The van der Waals surface area contributed by atoms with Crippen LogP contribution >= 0.6 is 0 Å². The first-order chi connectivity index (χ1) is 15.4. The summed E-state index contributed by atoms with van der Waals surface area (Å²) >= 11 is 0. The largest absolute Gasteiger partial charge is 0.311 e. The van der Waals surface area contributed by atoms with Gasteiger partial charge in [0.15, 0.2) is 0 Å². The Morgan fingerprint density at radius 3 is 1.19 bits per heavy atom. The Morgan fingerprint density at radius 2 is 0.812 bits per heavy atom. The van der Waals surface area contributed by atoms with Crippen molar-refractivity contribution in [3.8, 4) is 11.1 Å². The van der Waals surface area contributed by atoms with Gasteiger partial charge in [-0.05, 0) is 78.8 Å². The summed E-state index contributed by atoms with van der Waals surface area (Å²) in [5.74, 6) is 1.22. The van der Waals surface area contributed by atoms with Crippen molar-refractivity contribution in [2.45, 2.75) is 40.5 Å². The Bertz CT molecular complexity index is 1090. The third-order valence-electron chi connectivity index (χ3n) is 6.48. The predicted octanol–water partition coefficient (Wildman–Crippen LogP) is 9.20. The predicted molar refractivity (Wildman–Crippen MR) is 139 cm³/mol. The fourth-order valence-electron chi connectivity index (χ4n) is 4.00. The van der Waals surface area contributed by atoms with Crippen LogP contribution in [0.25, 0.3) is 11.1 Å². The molecule has 0 radical (unpaired) electrons. The second-order valence-corrected chi connectivity index (χ2v) is 9.21. The molecule has 162 valence electrons. The maximum absolute atomic E-state index is 2.32. The van der Waals surface area contributed by atoms with E-state index in [1.807, 2.05) is 0 Å². The SMILES string of the molecule is Cc1ccc(N(c2ccc(C)cc2)c2ccc(-c3ccc(C(C)C(C)C)cc3)cc2)cc1. The van der Waals surface area contributed by atoms with Crippen molar-refractivity contribution in [3.05, 3.63) is 114 Å². The minimum atomic E-state index is 0.573. The van der Waals surface area contributed by atoms with Gasteiger partial charge in [-0.1, -0.05) is 92.6 Å². The summed E-state index contributed by atoms with van der Waals surface area (Å²) in [6, 6.07) is 35.4. The number of hydrogen-bond acceptors (Lipinski definition) is 1. The Hall–Kier alpha value is -3.32. The Kier molecular flexibility index (Phi) is 6.46. The monoisotopic (exact) mass is 419 g/mol. The molecule has 0 aliphatic carbocycles. The first-order valence-electron chi connectivity index (χ1n) is 11.6. The lowest BCUT2D eigenvalue weighted by Crippen LogP contribution is -2.09. The van der Waals surface area contributed by atoms with E-state index in [1.165, 1.54) is 39.2 Å². The fraction of sp³-hybridized carbons (Fsp3) is 0.226. The molecule has 0 bridgehead atoms. The highest BCUT2D eigenvalue weighted by Gasteiger charge is 2.13. The van der Waals surface area contributed by atoms with Crippen LogP contribution in [0.3, 0.4) is 0 Å². The molecule has 0 aromatic heterocycles. The molecule has 1 unspecified atom stereocenters. The summed E-state index contributed by atoms with van der Waals surface area (Å²) in [5, 5.41) is 0. The molecule has 0 heterocycles. The third-order valence-corrected chi connectivity index (χ3v) is 6.48. The molecule has 1 nitrogen and oxygen atoms in total. The van der Waals surface area contributed by atoms with E-state index in [1.54, 1.807) is 0 Å². The van der Waals surface area contributed by atoms with Crippen molar-refractivity contribution in [1.82, 2.24) is 0 Å². The highest BCUT2D eigenvalue weighted by Crippen LogP contribution is 2.36. The quantitative estimate of drug-likeness (QED) is 0.301. The second-order valence-electron chi connectivity index (χ2n) is 9.21. The van der Waals surface area contributed by atoms with Crippen molar-refractivity contribution in [2.24, 2.45) is 5.92 Å². The van der Waals surface area contributed by atoms with Crippen molar-refractivity contribution in [3.63, 3.8) is 0 Å². The molecule has 0 N–H and O–H groups in total. The zero-order valence-electron chi connectivity index (χ0n) is 19.8. The fourth-order valence-corrected chi connectivity index (χ4v) is 4.00. The molecule has 0 spiro atoms. The molecular weight excluding hydrogens is 386 g/mol. The Balaban J connectivity index is 1.66. The highest BCUT2D eigenvalue weighted by atomic mass is 15.1. The minimum Gasteiger partial charge on any atom is -0.311 e. The molecule has 4 aromatic carbocycles. The lowest BCUT2D eigenvalue weighted by atomic mass is 9.89. The average molecular weight is 420 g/mol. The summed E-state index contributed by atoms with van der Waals surface area (Å²) in [4.78, 5) is 2.32. The van der Waals surface area contributed by atoms with Crippen molar-refractivity contribution in [2.75, 3.05) is 4.90 Å². The smallest absolute Gasteiger partial charge is 0.0462 e. The standard InChI is InChI=1S/C31H33N/c1-22(2)25(5)26-10-12-27(13-11-26)28-14-20-31(21-15-28)32(29-16-6-23(3)7-17-29)30-18-8-24(4)9-19-30/h6-22,25H,1-5H3. The van der Waals surface area contributed by atoms with E-state index in [0.717, 1.165) is 5.69 Å². The maximum atomic E-state index is 2.32. The van der Waals surface area contributed by atoms with E-state index in [2.05, 4.69) is 137 Å². The van der Waals surface area contributed by atoms with E-state index in [9.17, 15) is 0 Å². The van der Waals surface area contributed by atoms with Gasteiger partial charge in [0.05, 0.1) is 0 Å². The maximum Gasteiger partial charge on any atom is 0.0462 e. The first kappa shape index (κ1) is 21.9. The number of aryl methyl sites for hydroxylation is 2. The van der Waals surface area contributed by atoms with Gasteiger partial charge in [0.25, 0.3) is 0 Å². The van der Waals surface area contributed by atoms with Crippen LogP contribution in [0.2, 0.25) is 0 Å². The molecule has 0 saturated heterocycles. The van der Waals surface area contributed by atoms with Crippen molar-refractivity contribution >= 4 is 17.1 Å². The van der Waals surface area contributed by atoms with Crippen molar-refractivity contribution < 1.29 is 0 Å². The van der Waals surface area contributed by atoms with Crippen LogP contribution in [0.1, 0.15) is 43.4 Å². The zero-order chi connectivity index (χ0) is 22.7. The second kappa shape index (κ2) is 9.44. The lowest BCUT2D eigenvalue weighted by molar-refractivity contribution is 0.535. The van der Waals surface area contributed by atoms with Crippen LogP contribution in [-0.2, 0) is 0 Å². The number of anilines is 3. The van der Waals surface area contributed by atoms with E-state index in [0.29, 0.717) is 11.8 Å². The minimum absolute atomic E-state index is 0.573. The molecule has 32 heavy (non-hydrogen) atoms. The summed E-state index contributed by atoms with van der Waals surface area (Å²) in [6.07, 6.45) is 0. The molecule has 0 amide bonds. The number of benzene rings is 4. The van der Waals surface area contributed by atoms with Crippen LogP contribution < -0.4 is 4.90 Å². The van der Waals surface area contributed by atoms with E-state index in [4.69, 9.17) is 0 Å². The molecule has 4 aromatic rings. The van der Waals surface area contributed by atoms with Crippen LogP contribution in [0.15, 0.2) is 97.1 Å². The Labute approximate surface area is 193 Å². The summed E-state index contributed by atoms with van der Waals surface area (Å²) in [6.45, 7) is 11.1. The van der Waals surface area contributed by atoms with Gasteiger partial charge in [-0.15, -0.1) is 0 Å². The lowest BCUT2D eigenvalue weighted by Gasteiger charge is -2.26. The molecule has 0 aliphatic heterocycles. The van der Waals surface area contributed by atoms with Gasteiger partial charge < -0.3 is 4.90 Å². The number of hydrogen-bond donors (Lipinski definition) is 0. The van der Waals surface area contributed by atoms with Crippen LogP contribution in [0.4, 0.5) is 17.1 Å². The normalized spacial score (nSPS) is 12.1. The average Bonchev–Trinajstić information content (AvgIpc) is 2.82. The Morgan fingerprint density at radius 1 is 0.469 bits per heavy atom. The van der Waals surface area contributed by atoms with Crippen LogP contribution in [0, 0.1) is 19.8 Å². The first-order valence-corrected chi connectivity index (χ1v) is 11.6. The topological polar surface area (TPSA) is 3.24 Å². The molecule has 0 fully saturated rings. The molecule has 1 heteroatoms. The van der Waals surface area contributed by atoms with Gasteiger partial charge in [-0.2, -0.15) is 0 Å². The highest BCUT2D eigenvalue weighted by molar-refractivity contribution is 5.78. The van der Waals surface area contributed by atoms with Gasteiger partial charge in [0.2, 0.25) is 0 Å². The molecule has 0 saturated carbocycles. The van der Waals surface area contributed by atoms with Gasteiger partial charge in [0, 0.05) is 17.1 Å². The zero-order valence-corrected chi connectivity index (χ0v) is 19.8. The molecule has 1 atom stereocenters. The number of rotatable bonds is 6. The number of nitrogens with zero attached hydrogens (tertiary/aromatic N) is 1. The van der Waals surface area contributed by atoms with Gasteiger partial charge >= 0.3 is 0 Å². The van der Waals surface area contributed by atoms with Gasteiger partial charge in [-0.25, -0.2) is 0 Å². The van der Waals surface area contributed by atoms with Crippen molar-refractivity contribution in [1.29, 1.82) is 0 Å². The summed E-state index contributed by atoms with van der Waals surface area (Å²) in [7, 11) is 0. The molecular formula is C31H33N. The third kappa shape index (κ3) is 4.78. The van der Waals surface area contributed by atoms with E-state index in [-0.39, 0.29) is 0 Å². The van der Waals surface area contributed by atoms with Gasteiger partial charge in [0.1, 0.15) is 0 Å². The molecule has 0 aliphatic rings. The molecule has 4 rings (SSSR count). The summed E-state index contributed by atoms with van der Waals surface area (Å²) in [5.41, 5.74) is 9.93. The summed E-state index contributed by atoms with van der Waals surface area (Å²) < 4.78 is 0. The van der Waals surface area contributed by atoms with E-state index >= 15 is 0 Å². The van der Waals surface area contributed by atoms with Crippen LogP contribution in [-0.4, -0.2) is 0 Å². The van der Waals surface area contributed by atoms with E-state index < -0.39 is 0 Å². The van der Waals surface area contributed by atoms with Crippen LogP contribution in [0.5, 0.6) is 0 Å².